The molecule has 0 saturated heterocycles. The van der Waals surface area contributed by atoms with Crippen LogP contribution in [0, 0.1) is 11.8 Å². The van der Waals surface area contributed by atoms with Crippen molar-refractivity contribution in [2.45, 2.75) is 6.92 Å². The minimum Gasteiger partial charge on any atom is -0.454 e. The van der Waals surface area contributed by atoms with Gasteiger partial charge in [-0.2, -0.15) is 0 Å². The fourth-order valence-corrected chi connectivity index (χ4v) is 1.49. The molecule has 84 valence electrons. The fourth-order valence-electron chi connectivity index (χ4n) is 1.49. The van der Waals surface area contributed by atoms with Crippen LogP contribution >= 0.6 is 0 Å². The number of hydrogen-bond donors (Lipinski definition) is 1. The maximum absolute atomic E-state index is 5.83. The molecule has 0 bridgehead atoms. The van der Waals surface area contributed by atoms with Crippen molar-refractivity contribution in [2.24, 2.45) is 0 Å². The molecule has 0 spiro atoms. The normalized spacial score (nSPS) is 9.24. The molecule has 2 N–H and O–H groups in total. The average molecular weight is 223 g/mol. The Hall–Kier alpha value is -2.40. The number of nitrogens with two attached hydrogens (primary N) is 1. The van der Waals surface area contributed by atoms with E-state index in [9.17, 15) is 0 Å². The van der Waals surface area contributed by atoms with Crippen LogP contribution in [0.2, 0.25) is 0 Å². The second-order valence-corrected chi connectivity index (χ2v) is 3.51. The number of benzene rings is 2. The monoisotopic (exact) mass is 223 g/mol. The minimum absolute atomic E-state index is 0.617. The third-order valence-electron chi connectivity index (χ3n) is 2.29. The second kappa shape index (κ2) is 5.09. The predicted molar refractivity (Wildman–Crippen MR) is 69.9 cm³/mol. The van der Waals surface area contributed by atoms with Crippen LogP contribution in [0.4, 0.5) is 5.69 Å². The molecule has 0 aliphatic carbocycles. The molecule has 2 aromatic carbocycles. The van der Waals surface area contributed by atoms with Gasteiger partial charge in [-0.3, -0.25) is 0 Å². The minimum atomic E-state index is 0.617. The number of hydrogen-bond acceptors (Lipinski definition) is 2. The zero-order valence-electron chi connectivity index (χ0n) is 9.60. The van der Waals surface area contributed by atoms with E-state index in [0.717, 1.165) is 11.3 Å². The predicted octanol–water partition coefficient (Wildman–Crippen LogP) is 3.43. The molecule has 2 aromatic rings. The lowest BCUT2D eigenvalue weighted by Gasteiger charge is -2.09. The maximum atomic E-state index is 5.83. The van der Waals surface area contributed by atoms with Crippen molar-refractivity contribution < 1.29 is 4.74 Å². The van der Waals surface area contributed by atoms with Crippen LogP contribution in [0.3, 0.4) is 0 Å². The van der Waals surface area contributed by atoms with Crippen LogP contribution in [0.15, 0.2) is 48.5 Å². The van der Waals surface area contributed by atoms with Crippen molar-refractivity contribution in [1.82, 2.24) is 0 Å². The number of para-hydroxylation sites is 3. The first-order valence-corrected chi connectivity index (χ1v) is 5.35. The molecule has 0 unspecified atom stereocenters. The van der Waals surface area contributed by atoms with Gasteiger partial charge in [-0.15, -0.1) is 5.92 Å². The number of ether oxygens (including phenoxy) is 1. The summed E-state index contributed by atoms with van der Waals surface area (Å²) in [6.45, 7) is 1.80. The lowest BCUT2D eigenvalue weighted by molar-refractivity contribution is 0.483. The smallest absolute Gasteiger partial charge is 0.150 e. The summed E-state index contributed by atoms with van der Waals surface area (Å²) < 4.78 is 5.77. The van der Waals surface area contributed by atoms with Gasteiger partial charge in [0.15, 0.2) is 0 Å². The number of rotatable bonds is 2. The van der Waals surface area contributed by atoms with Gasteiger partial charge >= 0.3 is 0 Å². The van der Waals surface area contributed by atoms with E-state index in [1.165, 1.54) is 0 Å². The Morgan fingerprint density at radius 2 is 1.59 bits per heavy atom. The highest BCUT2D eigenvalue weighted by Gasteiger charge is 2.04. The largest absolute Gasteiger partial charge is 0.454 e. The number of nitrogen functional groups attached to an aromatic ring is 1. The van der Waals surface area contributed by atoms with Crippen LogP contribution in [-0.4, -0.2) is 0 Å². The van der Waals surface area contributed by atoms with Crippen LogP contribution in [-0.2, 0) is 0 Å². The highest BCUT2D eigenvalue weighted by atomic mass is 16.5. The molecule has 0 radical (unpaired) electrons. The van der Waals surface area contributed by atoms with Crippen molar-refractivity contribution in [3.05, 3.63) is 54.1 Å². The van der Waals surface area contributed by atoms with Crippen molar-refractivity contribution in [3.8, 4) is 23.3 Å². The summed E-state index contributed by atoms with van der Waals surface area (Å²) in [6, 6.07) is 15.1. The molecule has 0 saturated carbocycles. The molecule has 2 rings (SSSR count). The maximum Gasteiger partial charge on any atom is 0.150 e. The van der Waals surface area contributed by atoms with Crippen LogP contribution in [0.25, 0.3) is 0 Å². The summed E-state index contributed by atoms with van der Waals surface area (Å²) in [6.07, 6.45) is 0. The molecule has 0 aromatic heterocycles. The van der Waals surface area contributed by atoms with Crippen molar-refractivity contribution >= 4 is 5.69 Å². The standard InChI is InChI=1S/C15H13NO/c1-2-7-12-8-3-5-10-14(12)17-15-11-6-4-9-13(15)16/h3-6,8-11H,16H2,1H3. The zero-order valence-corrected chi connectivity index (χ0v) is 9.60. The van der Waals surface area contributed by atoms with Crippen molar-refractivity contribution in [3.63, 3.8) is 0 Å². The zero-order chi connectivity index (χ0) is 12.1. The van der Waals surface area contributed by atoms with Gasteiger partial charge in [-0.1, -0.05) is 30.2 Å². The molecule has 0 aliphatic heterocycles. The lowest BCUT2D eigenvalue weighted by atomic mass is 10.2. The molecule has 0 heterocycles. The van der Waals surface area contributed by atoms with Gasteiger partial charge in [-0.25, -0.2) is 0 Å². The lowest BCUT2D eigenvalue weighted by Crippen LogP contribution is -1.93. The Kier molecular flexibility index (Phi) is 3.32. The summed E-state index contributed by atoms with van der Waals surface area (Å²) in [7, 11) is 0. The second-order valence-electron chi connectivity index (χ2n) is 3.51. The van der Waals surface area contributed by atoms with E-state index < -0.39 is 0 Å². The van der Waals surface area contributed by atoms with Gasteiger partial charge in [0.1, 0.15) is 11.5 Å². The number of anilines is 1. The third kappa shape index (κ3) is 2.59. The Bertz CT molecular complexity index is 579. The highest BCUT2D eigenvalue weighted by molar-refractivity contribution is 5.55. The average Bonchev–Trinajstić information content (AvgIpc) is 2.35. The van der Waals surface area contributed by atoms with Crippen LogP contribution < -0.4 is 10.5 Å². The molecule has 2 heteroatoms. The van der Waals surface area contributed by atoms with Gasteiger partial charge in [-0.05, 0) is 31.2 Å². The van der Waals surface area contributed by atoms with E-state index in [-0.39, 0.29) is 0 Å². The molecule has 2 nitrogen and oxygen atoms in total. The quantitative estimate of drug-likeness (QED) is 0.625. The summed E-state index contributed by atoms with van der Waals surface area (Å²) in [5.41, 5.74) is 7.31. The van der Waals surface area contributed by atoms with Gasteiger partial charge in [0.25, 0.3) is 0 Å². The first kappa shape index (κ1) is 11.1. The molecular formula is C15H13NO. The van der Waals surface area contributed by atoms with Crippen LogP contribution in [0.5, 0.6) is 11.5 Å². The summed E-state index contributed by atoms with van der Waals surface area (Å²) >= 11 is 0. The van der Waals surface area contributed by atoms with Gasteiger partial charge in [0.2, 0.25) is 0 Å². The molecule has 0 aliphatic rings. The van der Waals surface area contributed by atoms with E-state index in [2.05, 4.69) is 11.8 Å². The SMILES string of the molecule is CC#Cc1ccccc1Oc1ccccc1N. The summed E-state index contributed by atoms with van der Waals surface area (Å²) in [5, 5.41) is 0. The topological polar surface area (TPSA) is 35.2 Å². The van der Waals surface area contributed by atoms with Crippen molar-refractivity contribution in [1.29, 1.82) is 0 Å². The van der Waals surface area contributed by atoms with Gasteiger partial charge in [0.05, 0.1) is 11.3 Å². The molecule has 0 fully saturated rings. The summed E-state index contributed by atoms with van der Waals surface area (Å²) in [4.78, 5) is 0. The Morgan fingerprint density at radius 3 is 2.29 bits per heavy atom. The fraction of sp³-hybridized carbons (Fsp3) is 0.0667. The van der Waals surface area contributed by atoms with E-state index >= 15 is 0 Å². The Labute approximate surface area is 101 Å². The first-order chi connectivity index (χ1) is 8.31. The molecular weight excluding hydrogens is 210 g/mol. The Morgan fingerprint density at radius 1 is 0.941 bits per heavy atom. The van der Waals surface area contributed by atoms with E-state index in [0.29, 0.717) is 11.4 Å². The van der Waals surface area contributed by atoms with Crippen molar-refractivity contribution in [2.75, 3.05) is 5.73 Å². The highest BCUT2D eigenvalue weighted by Crippen LogP contribution is 2.28. The summed E-state index contributed by atoms with van der Waals surface area (Å²) in [5.74, 6) is 7.24. The van der Waals surface area contributed by atoms with E-state index in [4.69, 9.17) is 10.5 Å². The Balaban J connectivity index is 2.35. The van der Waals surface area contributed by atoms with Gasteiger partial charge in [0, 0.05) is 0 Å². The van der Waals surface area contributed by atoms with Gasteiger partial charge < -0.3 is 10.5 Å². The molecule has 0 atom stereocenters. The van der Waals surface area contributed by atoms with Crippen LogP contribution in [0.1, 0.15) is 12.5 Å². The van der Waals surface area contributed by atoms with E-state index in [1.807, 2.05) is 48.5 Å². The third-order valence-corrected chi connectivity index (χ3v) is 2.29. The molecule has 17 heavy (non-hydrogen) atoms. The van der Waals surface area contributed by atoms with E-state index in [1.54, 1.807) is 6.92 Å². The molecule has 0 amide bonds. The first-order valence-electron chi connectivity index (χ1n) is 5.35.